The highest BCUT2D eigenvalue weighted by Gasteiger charge is 2.43. The SMILES string of the molecule is [2H]C([2H])([2H])C(=O)Nc1ccn(C(=O)N2CCC3(CCCN3Cc3ccc(Cl)c(C)c3)CC2)n1. The molecule has 2 amide bonds. The molecule has 1 spiro atoms. The molecule has 3 heterocycles. The summed E-state index contributed by atoms with van der Waals surface area (Å²) in [7, 11) is 0. The van der Waals surface area contributed by atoms with Crippen LogP contribution in [0.3, 0.4) is 0 Å². The van der Waals surface area contributed by atoms with Crippen LogP contribution in [0.5, 0.6) is 0 Å². The molecule has 0 radical (unpaired) electrons. The van der Waals surface area contributed by atoms with Crippen LogP contribution in [0.2, 0.25) is 5.02 Å². The number of carbonyl (C=O) groups excluding carboxylic acids is 2. The molecule has 2 saturated heterocycles. The van der Waals surface area contributed by atoms with E-state index in [1.54, 1.807) is 4.90 Å². The number of nitrogens with one attached hydrogen (secondary N) is 1. The van der Waals surface area contributed by atoms with Crippen LogP contribution < -0.4 is 5.32 Å². The summed E-state index contributed by atoms with van der Waals surface area (Å²) in [5.74, 6) is -1.09. The van der Waals surface area contributed by atoms with Crippen LogP contribution in [-0.2, 0) is 11.3 Å². The molecule has 1 aromatic carbocycles. The Morgan fingerprint density at radius 1 is 1.23 bits per heavy atom. The molecule has 0 atom stereocenters. The van der Waals surface area contributed by atoms with Crippen LogP contribution in [0.1, 0.15) is 47.8 Å². The molecule has 0 unspecified atom stereocenters. The lowest BCUT2D eigenvalue weighted by Gasteiger charge is -2.45. The summed E-state index contributed by atoms with van der Waals surface area (Å²) in [5.41, 5.74) is 2.42. The summed E-state index contributed by atoms with van der Waals surface area (Å²) < 4.78 is 22.5. The van der Waals surface area contributed by atoms with E-state index < -0.39 is 12.8 Å². The van der Waals surface area contributed by atoms with Crippen molar-refractivity contribution >= 4 is 29.4 Å². The fourth-order valence-electron chi connectivity index (χ4n) is 4.71. The van der Waals surface area contributed by atoms with Gasteiger partial charge in [0.15, 0.2) is 5.82 Å². The second kappa shape index (κ2) is 8.40. The zero-order valence-corrected chi connectivity index (χ0v) is 17.8. The second-order valence-corrected chi connectivity index (χ2v) is 8.61. The summed E-state index contributed by atoms with van der Waals surface area (Å²) >= 11 is 6.18. The topological polar surface area (TPSA) is 70.5 Å². The van der Waals surface area contributed by atoms with E-state index in [0.717, 1.165) is 54.0 Å². The molecule has 4 rings (SSSR count). The van der Waals surface area contributed by atoms with E-state index in [2.05, 4.69) is 27.4 Å². The third kappa shape index (κ3) is 4.23. The Morgan fingerprint density at radius 2 is 2.03 bits per heavy atom. The molecule has 30 heavy (non-hydrogen) atoms. The maximum absolute atomic E-state index is 12.9. The highest BCUT2D eigenvalue weighted by molar-refractivity contribution is 6.31. The Labute approximate surface area is 186 Å². The molecule has 2 fully saturated rings. The Hall–Kier alpha value is -2.38. The summed E-state index contributed by atoms with van der Waals surface area (Å²) in [5, 5.41) is 7.03. The van der Waals surface area contributed by atoms with Gasteiger partial charge in [-0.2, -0.15) is 4.68 Å². The average Bonchev–Trinajstić information content (AvgIpc) is 3.38. The number of benzene rings is 1. The van der Waals surface area contributed by atoms with Gasteiger partial charge in [-0.05, 0) is 56.3 Å². The molecule has 0 bridgehead atoms. The Morgan fingerprint density at radius 3 is 2.77 bits per heavy atom. The smallest absolute Gasteiger partial charge is 0.323 e. The third-order valence-corrected chi connectivity index (χ3v) is 6.75. The van der Waals surface area contributed by atoms with Gasteiger partial charge in [0.05, 0.1) is 0 Å². The highest BCUT2D eigenvalue weighted by Crippen LogP contribution is 2.39. The zero-order valence-electron chi connectivity index (χ0n) is 20.0. The predicted molar refractivity (Wildman–Crippen MR) is 117 cm³/mol. The summed E-state index contributed by atoms with van der Waals surface area (Å²) in [6.07, 6.45) is 5.47. The number of nitrogens with zero attached hydrogens (tertiary/aromatic N) is 4. The van der Waals surface area contributed by atoms with Gasteiger partial charge in [-0.1, -0.05) is 23.7 Å². The van der Waals surface area contributed by atoms with Crippen molar-refractivity contribution in [2.24, 2.45) is 0 Å². The summed E-state index contributed by atoms with van der Waals surface area (Å²) in [6, 6.07) is 7.32. The van der Waals surface area contributed by atoms with E-state index >= 15 is 0 Å². The van der Waals surface area contributed by atoms with Gasteiger partial charge in [-0.3, -0.25) is 9.69 Å². The van der Waals surface area contributed by atoms with Crippen LogP contribution in [-0.4, -0.2) is 56.7 Å². The van der Waals surface area contributed by atoms with Crippen LogP contribution in [0.25, 0.3) is 0 Å². The van der Waals surface area contributed by atoms with Gasteiger partial charge in [0.25, 0.3) is 0 Å². The number of rotatable bonds is 3. The molecule has 7 nitrogen and oxygen atoms in total. The highest BCUT2D eigenvalue weighted by atomic mass is 35.5. The van der Waals surface area contributed by atoms with Gasteiger partial charge >= 0.3 is 6.03 Å². The number of halogens is 1. The van der Waals surface area contributed by atoms with Crippen molar-refractivity contribution in [1.82, 2.24) is 19.6 Å². The lowest BCUT2D eigenvalue weighted by molar-refractivity contribution is -0.114. The number of hydrogen-bond acceptors (Lipinski definition) is 4. The first-order chi connectivity index (χ1) is 15.6. The predicted octanol–water partition coefficient (Wildman–Crippen LogP) is 3.90. The first-order valence-corrected chi connectivity index (χ1v) is 10.6. The minimum atomic E-state index is -2.77. The van der Waals surface area contributed by atoms with Gasteiger partial charge in [0.1, 0.15) is 0 Å². The van der Waals surface area contributed by atoms with Crippen molar-refractivity contribution in [3.63, 3.8) is 0 Å². The van der Waals surface area contributed by atoms with Crippen molar-refractivity contribution in [2.75, 3.05) is 25.0 Å². The third-order valence-electron chi connectivity index (χ3n) is 6.33. The number of aromatic nitrogens is 2. The maximum atomic E-state index is 12.9. The molecule has 0 saturated carbocycles. The zero-order chi connectivity index (χ0) is 23.8. The Balaban J connectivity index is 1.37. The minimum Gasteiger partial charge on any atom is -0.323 e. The summed E-state index contributed by atoms with van der Waals surface area (Å²) in [6.45, 7) is 2.40. The molecule has 1 aromatic heterocycles. The average molecular weight is 433 g/mol. The minimum absolute atomic E-state index is 0.0400. The number of aryl methyl sites for hydroxylation is 1. The second-order valence-electron chi connectivity index (χ2n) is 8.20. The lowest BCUT2D eigenvalue weighted by Crippen LogP contribution is -2.53. The van der Waals surface area contributed by atoms with Gasteiger partial charge in [0.2, 0.25) is 5.91 Å². The van der Waals surface area contributed by atoms with Gasteiger partial charge in [0, 0.05) is 53.4 Å². The lowest BCUT2D eigenvalue weighted by atomic mass is 9.84. The molecule has 0 aliphatic carbocycles. The van der Waals surface area contributed by atoms with Crippen LogP contribution in [0.15, 0.2) is 30.5 Å². The largest absolute Gasteiger partial charge is 0.344 e. The van der Waals surface area contributed by atoms with Crippen molar-refractivity contribution in [3.05, 3.63) is 46.6 Å². The van der Waals surface area contributed by atoms with Crippen molar-refractivity contribution in [1.29, 1.82) is 0 Å². The van der Waals surface area contributed by atoms with E-state index in [1.807, 2.05) is 13.0 Å². The van der Waals surface area contributed by atoms with E-state index in [4.69, 9.17) is 15.7 Å². The monoisotopic (exact) mass is 432 g/mol. The number of amides is 2. The first-order valence-electron chi connectivity index (χ1n) is 11.7. The maximum Gasteiger partial charge on any atom is 0.344 e. The van der Waals surface area contributed by atoms with Gasteiger partial charge < -0.3 is 10.2 Å². The molecule has 160 valence electrons. The Kier molecular flexibility index (Phi) is 4.85. The number of anilines is 1. The van der Waals surface area contributed by atoms with Gasteiger partial charge in [-0.15, -0.1) is 5.10 Å². The number of carbonyl (C=O) groups is 2. The van der Waals surface area contributed by atoms with Crippen molar-refractivity contribution < 1.29 is 13.7 Å². The normalized spacial score (nSPS) is 20.6. The van der Waals surface area contributed by atoms with Crippen LogP contribution >= 0.6 is 11.6 Å². The van der Waals surface area contributed by atoms with Crippen LogP contribution in [0.4, 0.5) is 10.6 Å². The number of likely N-dealkylation sites (tertiary alicyclic amines) is 2. The number of piperidine rings is 1. The van der Waals surface area contributed by atoms with E-state index in [1.165, 1.54) is 17.8 Å². The Bertz CT molecular complexity index is 1050. The quantitative estimate of drug-likeness (QED) is 0.798. The van der Waals surface area contributed by atoms with E-state index in [9.17, 15) is 9.59 Å². The molecule has 2 aromatic rings. The molecule has 8 heteroatoms. The molecule has 1 N–H and O–H groups in total. The van der Waals surface area contributed by atoms with Crippen molar-refractivity contribution in [3.8, 4) is 0 Å². The number of hydrogen-bond donors (Lipinski definition) is 1. The van der Waals surface area contributed by atoms with Gasteiger partial charge in [-0.25, -0.2) is 4.79 Å². The fraction of sp³-hybridized carbons (Fsp3) is 0.500. The van der Waals surface area contributed by atoms with Crippen molar-refractivity contribution in [2.45, 2.75) is 51.5 Å². The molecule has 2 aliphatic heterocycles. The molecule has 2 aliphatic rings. The molecular weight excluding hydrogens is 402 g/mol. The fourth-order valence-corrected chi connectivity index (χ4v) is 4.82. The van der Waals surface area contributed by atoms with E-state index in [-0.39, 0.29) is 17.4 Å². The van der Waals surface area contributed by atoms with E-state index in [0.29, 0.717) is 13.1 Å². The molecular formula is C22H28ClN5O2. The first kappa shape index (κ1) is 17.3. The summed E-state index contributed by atoms with van der Waals surface area (Å²) in [4.78, 5) is 28.9. The van der Waals surface area contributed by atoms with Crippen LogP contribution in [0, 0.1) is 6.92 Å². The standard InChI is InChI=1S/C22H28ClN5O2/c1-16-14-18(4-5-19(16)23)15-27-10-3-7-22(27)8-12-26(13-9-22)21(30)28-11-6-20(25-28)24-17(2)29/h4-6,11,14H,3,7-10,12-13,15H2,1-2H3,(H,24,25,29)/i2D3.